The van der Waals surface area contributed by atoms with Crippen LogP contribution in [0.2, 0.25) is 0 Å². The third kappa shape index (κ3) is 4.36. The summed E-state index contributed by atoms with van der Waals surface area (Å²) in [5.74, 6) is -1.24. The van der Waals surface area contributed by atoms with Crippen molar-refractivity contribution in [3.05, 3.63) is 24.3 Å². The van der Waals surface area contributed by atoms with Crippen LogP contribution in [0.4, 0.5) is 4.79 Å². The summed E-state index contributed by atoms with van der Waals surface area (Å²) in [6.07, 6.45) is 2.94. The Morgan fingerprint density at radius 3 is 2.67 bits per heavy atom. The monoisotopic (exact) mass is 252 g/mol. The van der Waals surface area contributed by atoms with Crippen LogP contribution in [0.3, 0.4) is 0 Å². The Kier molecular flexibility index (Phi) is 5.04. The van der Waals surface area contributed by atoms with E-state index in [0.29, 0.717) is 5.69 Å². The molecule has 7 heteroatoms. The molecule has 0 radical (unpaired) electrons. The zero-order chi connectivity index (χ0) is 13.5. The third-order valence-corrected chi connectivity index (χ3v) is 2.29. The Bertz CT molecular complexity index is 408. The molecule has 1 aromatic heterocycles. The van der Waals surface area contributed by atoms with Gasteiger partial charge in [-0.15, -0.1) is 0 Å². The number of hydrogen-bond donors (Lipinski definition) is 3. The van der Waals surface area contributed by atoms with Crippen molar-refractivity contribution in [2.75, 3.05) is 0 Å². The lowest BCUT2D eigenvalue weighted by atomic mass is 10.1. The van der Waals surface area contributed by atoms with E-state index in [1.807, 2.05) is 0 Å². The summed E-state index contributed by atoms with van der Waals surface area (Å²) in [4.78, 5) is 30.1. The van der Waals surface area contributed by atoms with Crippen molar-refractivity contribution in [1.82, 2.24) is 20.6 Å². The number of aromatic nitrogens is 2. The minimum absolute atomic E-state index is 0.188. The molecule has 98 valence electrons. The van der Waals surface area contributed by atoms with Crippen LogP contribution < -0.4 is 10.6 Å². The Morgan fingerprint density at radius 1 is 1.44 bits per heavy atom. The number of nitrogens with one attached hydrogen (secondary N) is 2. The molecule has 0 bridgehead atoms. The molecule has 1 aromatic rings. The number of carboxylic acid groups (broad SMARTS) is 1. The van der Waals surface area contributed by atoms with Crippen molar-refractivity contribution in [3.63, 3.8) is 0 Å². The molecule has 0 spiro atoms. The van der Waals surface area contributed by atoms with Gasteiger partial charge in [-0.3, -0.25) is 0 Å². The molecule has 1 rings (SSSR count). The summed E-state index contributed by atoms with van der Waals surface area (Å²) in [6.45, 7) is 3.67. The minimum Gasteiger partial charge on any atom is -0.480 e. The highest BCUT2D eigenvalue weighted by Gasteiger charge is 2.23. The van der Waals surface area contributed by atoms with Gasteiger partial charge in [0.05, 0.1) is 12.2 Å². The van der Waals surface area contributed by atoms with Gasteiger partial charge in [0.1, 0.15) is 12.4 Å². The normalized spacial score (nSPS) is 11.9. The highest BCUT2D eigenvalue weighted by atomic mass is 16.4. The number of carboxylic acids is 1. The fourth-order valence-corrected chi connectivity index (χ4v) is 1.30. The number of amides is 2. The highest BCUT2D eigenvalue weighted by molar-refractivity contribution is 5.82. The Morgan fingerprint density at radius 2 is 2.17 bits per heavy atom. The maximum absolute atomic E-state index is 11.5. The molecular formula is C11H16N4O3. The predicted octanol–water partition coefficient (Wildman–Crippen LogP) is 0.385. The summed E-state index contributed by atoms with van der Waals surface area (Å²) >= 11 is 0. The second-order valence-electron chi connectivity index (χ2n) is 4.09. The van der Waals surface area contributed by atoms with Crippen LogP contribution in [-0.2, 0) is 11.3 Å². The zero-order valence-electron chi connectivity index (χ0n) is 10.3. The van der Waals surface area contributed by atoms with Crippen LogP contribution in [0, 0.1) is 5.92 Å². The van der Waals surface area contributed by atoms with Crippen molar-refractivity contribution in [3.8, 4) is 0 Å². The summed E-state index contributed by atoms with van der Waals surface area (Å²) in [6, 6.07) is 0.224. The molecule has 0 aromatic carbocycles. The van der Waals surface area contributed by atoms with Crippen LogP contribution in [0.5, 0.6) is 0 Å². The largest absolute Gasteiger partial charge is 0.480 e. The Hall–Kier alpha value is -2.18. The SMILES string of the molecule is CC(C)[C@H](NC(=O)NCc1ccncn1)C(=O)O. The fraction of sp³-hybridized carbons (Fsp3) is 0.455. The van der Waals surface area contributed by atoms with Gasteiger partial charge in [-0.2, -0.15) is 0 Å². The van der Waals surface area contributed by atoms with E-state index in [0.717, 1.165) is 0 Å². The van der Waals surface area contributed by atoms with Crippen molar-refractivity contribution >= 4 is 12.0 Å². The number of carbonyl (C=O) groups excluding carboxylic acids is 1. The number of carbonyl (C=O) groups is 2. The molecule has 7 nitrogen and oxygen atoms in total. The molecule has 1 heterocycles. The van der Waals surface area contributed by atoms with Gasteiger partial charge < -0.3 is 15.7 Å². The second-order valence-corrected chi connectivity index (χ2v) is 4.09. The lowest BCUT2D eigenvalue weighted by Gasteiger charge is -2.18. The molecular weight excluding hydrogens is 236 g/mol. The first kappa shape index (κ1) is 13.9. The molecule has 0 saturated carbocycles. The first-order valence-electron chi connectivity index (χ1n) is 5.52. The smallest absolute Gasteiger partial charge is 0.326 e. The minimum atomic E-state index is -1.05. The standard InChI is InChI=1S/C11H16N4O3/c1-7(2)9(10(16)17)15-11(18)13-5-8-3-4-12-6-14-8/h3-4,6-7,9H,5H2,1-2H3,(H,16,17)(H2,13,15,18)/t9-/m0/s1. The maximum atomic E-state index is 11.5. The van der Waals surface area contributed by atoms with Crippen molar-refractivity contribution in [1.29, 1.82) is 0 Å². The Labute approximate surface area is 105 Å². The van der Waals surface area contributed by atoms with Crippen LogP contribution in [0.1, 0.15) is 19.5 Å². The highest BCUT2D eigenvalue weighted by Crippen LogP contribution is 2.01. The van der Waals surface area contributed by atoms with E-state index in [9.17, 15) is 9.59 Å². The van der Waals surface area contributed by atoms with Crippen molar-refractivity contribution in [2.24, 2.45) is 5.92 Å². The molecule has 0 fully saturated rings. The van der Waals surface area contributed by atoms with Gasteiger partial charge in [-0.1, -0.05) is 13.8 Å². The fourth-order valence-electron chi connectivity index (χ4n) is 1.30. The Balaban J connectivity index is 2.44. The van der Waals surface area contributed by atoms with Gasteiger partial charge in [-0.25, -0.2) is 19.6 Å². The van der Waals surface area contributed by atoms with Crippen LogP contribution in [-0.4, -0.2) is 33.1 Å². The first-order valence-corrected chi connectivity index (χ1v) is 5.52. The van der Waals surface area contributed by atoms with E-state index in [1.165, 1.54) is 6.33 Å². The average Bonchev–Trinajstić information content (AvgIpc) is 2.34. The molecule has 0 aliphatic heterocycles. The van der Waals surface area contributed by atoms with Crippen LogP contribution in [0.25, 0.3) is 0 Å². The molecule has 1 atom stereocenters. The van der Waals surface area contributed by atoms with Gasteiger partial charge in [0, 0.05) is 6.20 Å². The van der Waals surface area contributed by atoms with Crippen LogP contribution in [0.15, 0.2) is 18.6 Å². The topological polar surface area (TPSA) is 104 Å². The van der Waals surface area contributed by atoms with Gasteiger partial charge in [-0.05, 0) is 12.0 Å². The number of hydrogen-bond acceptors (Lipinski definition) is 4. The molecule has 18 heavy (non-hydrogen) atoms. The number of aliphatic carboxylic acids is 1. The predicted molar refractivity (Wildman–Crippen MR) is 63.7 cm³/mol. The number of rotatable bonds is 5. The quantitative estimate of drug-likeness (QED) is 0.703. The van der Waals surface area contributed by atoms with E-state index in [-0.39, 0.29) is 12.5 Å². The van der Waals surface area contributed by atoms with Crippen molar-refractivity contribution in [2.45, 2.75) is 26.4 Å². The van der Waals surface area contributed by atoms with E-state index >= 15 is 0 Å². The third-order valence-electron chi connectivity index (χ3n) is 2.29. The van der Waals surface area contributed by atoms with Crippen molar-refractivity contribution < 1.29 is 14.7 Å². The number of urea groups is 1. The van der Waals surface area contributed by atoms with E-state index in [1.54, 1.807) is 26.1 Å². The lowest BCUT2D eigenvalue weighted by Crippen LogP contribution is -2.48. The van der Waals surface area contributed by atoms with Gasteiger partial charge >= 0.3 is 12.0 Å². The molecule has 0 saturated heterocycles. The summed E-state index contributed by atoms with van der Waals surface area (Å²) in [5, 5.41) is 13.8. The average molecular weight is 252 g/mol. The summed E-state index contributed by atoms with van der Waals surface area (Å²) in [5.41, 5.74) is 0.650. The van der Waals surface area contributed by atoms with Crippen LogP contribution >= 0.6 is 0 Å². The van der Waals surface area contributed by atoms with E-state index < -0.39 is 18.0 Å². The zero-order valence-corrected chi connectivity index (χ0v) is 10.3. The van der Waals surface area contributed by atoms with Gasteiger partial charge in [0.25, 0.3) is 0 Å². The first-order chi connectivity index (χ1) is 8.50. The molecule has 3 N–H and O–H groups in total. The molecule has 2 amide bonds. The van der Waals surface area contributed by atoms with Gasteiger partial charge in [0.15, 0.2) is 0 Å². The molecule has 0 unspecified atom stereocenters. The maximum Gasteiger partial charge on any atom is 0.326 e. The van der Waals surface area contributed by atoms with E-state index in [2.05, 4.69) is 20.6 Å². The summed E-state index contributed by atoms with van der Waals surface area (Å²) < 4.78 is 0. The molecule has 0 aliphatic rings. The summed E-state index contributed by atoms with van der Waals surface area (Å²) in [7, 11) is 0. The number of nitrogens with zero attached hydrogens (tertiary/aromatic N) is 2. The van der Waals surface area contributed by atoms with E-state index in [4.69, 9.17) is 5.11 Å². The van der Waals surface area contributed by atoms with Gasteiger partial charge in [0.2, 0.25) is 0 Å². The second kappa shape index (κ2) is 6.53. The molecule has 0 aliphatic carbocycles. The lowest BCUT2D eigenvalue weighted by molar-refractivity contribution is -0.140.